The maximum absolute atomic E-state index is 2.39. The van der Waals surface area contributed by atoms with Gasteiger partial charge in [-0.3, -0.25) is 0 Å². The Bertz CT molecular complexity index is 2220. The van der Waals surface area contributed by atoms with E-state index in [0.29, 0.717) is 0 Å². The van der Waals surface area contributed by atoms with Gasteiger partial charge < -0.3 is 0 Å². The molecule has 0 spiro atoms. The first kappa shape index (κ1) is 24.3. The fraction of sp³-hybridized carbons (Fsp3) is 0. The van der Waals surface area contributed by atoms with Gasteiger partial charge in [0.25, 0.3) is 0 Å². The third kappa shape index (κ3) is 4.08. The summed E-state index contributed by atoms with van der Waals surface area (Å²) in [6, 6.07) is 61.8. The Hall–Kier alpha value is -5.46. The molecule has 0 amide bonds. The number of benzene rings is 8. The Morgan fingerprint density at radius 2 is 0.786 bits per heavy atom. The topological polar surface area (TPSA) is 0 Å². The Labute approximate surface area is 246 Å². The van der Waals surface area contributed by atoms with Crippen molar-refractivity contribution in [2.45, 2.75) is 0 Å². The predicted octanol–water partition coefficient (Wildman–Crippen LogP) is 11.8. The molecule has 8 rings (SSSR count). The number of hydrogen-bond acceptors (Lipinski definition) is 0. The summed E-state index contributed by atoms with van der Waals surface area (Å²) < 4.78 is 0. The van der Waals surface area contributed by atoms with Crippen LogP contribution < -0.4 is 0 Å². The van der Waals surface area contributed by atoms with Crippen LogP contribution in [0, 0.1) is 0 Å². The van der Waals surface area contributed by atoms with Crippen molar-refractivity contribution in [3.05, 3.63) is 170 Å². The van der Waals surface area contributed by atoms with Crippen LogP contribution in [0.15, 0.2) is 170 Å². The smallest absolute Gasteiger partial charge is 0.00201 e. The van der Waals surface area contributed by atoms with Gasteiger partial charge in [-0.15, -0.1) is 0 Å². The Morgan fingerprint density at radius 3 is 1.55 bits per heavy atom. The van der Waals surface area contributed by atoms with E-state index in [9.17, 15) is 0 Å². The number of rotatable bonds is 4. The van der Waals surface area contributed by atoms with E-state index in [4.69, 9.17) is 0 Å². The minimum absolute atomic E-state index is 1.23. The van der Waals surface area contributed by atoms with Gasteiger partial charge in [-0.1, -0.05) is 158 Å². The molecule has 0 aliphatic rings. The van der Waals surface area contributed by atoms with Crippen molar-refractivity contribution in [2.75, 3.05) is 0 Å². The van der Waals surface area contributed by atoms with Gasteiger partial charge in [0.05, 0.1) is 0 Å². The Kier molecular flexibility index (Phi) is 5.90. The molecule has 0 radical (unpaired) electrons. The van der Waals surface area contributed by atoms with E-state index in [1.165, 1.54) is 76.8 Å². The van der Waals surface area contributed by atoms with Gasteiger partial charge in [-0.05, 0) is 89.0 Å². The summed E-state index contributed by atoms with van der Waals surface area (Å²) in [7, 11) is 0. The fourth-order valence-corrected chi connectivity index (χ4v) is 6.50. The van der Waals surface area contributed by atoms with Crippen LogP contribution in [0.25, 0.3) is 76.8 Å². The minimum atomic E-state index is 1.23. The van der Waals surface area contributed by atoms with Crippen LogP contribution in [0.3, 0.4) is 0 Å². The average molecular weight is 533 g/mol. The van der Waals surface area contributed by atoms with Crippen LogP contribution in [0.4, 0.5) is 0 Å². The van der Waals surface area contributed by atoms with Gasteiger partial charge in [0.15, 0.2) is 0 Å². The number of hydrogen-bond donors (Lipinski definition) is 0. The normalized spacial score (nSPS) is 11.3. The molecule has 0 unspecified atom stereocenters. The van der Waals surface area contributed by atoms with E-state index in [2.05, 4.69) is 170 Å². The summed E-state index contributed by atoms with van der Waals surface area (Å²) in [5.41, 5.74) is 9.98. The highest BCUT2D eigenvalue weighted by atomic mass is 14.2. The van der Waals surface area contributed by atoms with Crippen LogP contribution in [0.1, 0.15) is 0 Å². The van der Waals surface area contributed by atoms with E-state index < -0.39 is 0 Å². The Morgan fingerprint density at radius 1 is 0.238 bits per heavy atom. The maximum atomic E-state index is 2.39. The summed E-state index contributed by atoms with van der Waals surface area (Å²) in [6.45, 7) is 0. The zero-order valence-electron chi connectivity index (χ0n) is 23.2. The number of fused-ring (bicyclic) bond motifs is 3. The second-order valence-corrected chi connectivity index (χ2v) is 10.9. The van der Waals surface area contributed by atoms with E-state index in [1.54, 1.807) is 0 Å². The standard InChI is InChI=1S/C42H28/c1-3-13-29(14-4-1)33-25-26-39-40(28-33)41(31-16-5-2-6-17-31)37-21-11-12-22-38(37)42(39)36-20-10-9-19-35(36)34-24-23-30-15-7-8-18-32(30)27-34/h1-28H. The Balaban J connectivity index is 1.49. The van der Waals surface area contributed by atoms with Crippen LogP contribution in [0.2, 0.25) is 0 Å². The molecule has 0 nitrogen and oxygen atoms in total. The highest BCUT2D eigenvalue weighted by Gasteiger charge is 2.19. The zero-order valence-corrected chi connectivity index (χ0v) is 23.2. The largest absolute Gasteiger partial charge is 0.0622 e. The van der Waals surface area contributed by atoms with Gasteiger partial charge in [0.1, 0.15) is 0 Å². The van der Waals surface area contributed by atoms with Crippen LogP contribution in [-0.4, -0.2) is 0 Å². The molecule has 0 fully saturated rings. The van der Waals surface area contributed by atoms with E-state index in [0.717, 1.165) is 0 Å². The van der Waals surface area contributed by atoms with E-state index in [1.807, 2.05) is 0 Å². The van der Waals surface area contributed by atoms with E-state index >= 15 is 0 Å². The second kappa shape index (κ2) is 10.2. The molecule has 0 heterocycles. The molecule has 8 aromatic rings. The minimum Gasteiger partial charge on any atom is -0.0622 e. The maximum Gasteiger partial charge on any atom is -0.00201 e. The molecule has 0 saturated heterocycles. The third-order valence-corrected chi connectivity index (χ3v) is 8.45. The molecule has 0 N–H and O–H groups in total. The van der Waals surface area contributed by atoms with Crippen molar-refractivity contribution in [3.63, 3.8) is 0 Å². The SMILES string of the molecule is c1ccc(-c2ccc3c(-c4ccccc4-c4ccc5ccccc5c4)c4ccccc4c(-c4ccccc4)c3c2)cc1. The van der Waals surface area contributed by atoms with Crippen LogP contribution >= 0.6 is 0 Å². The molecule has 0 atom stereocenters. The van der Waals surface area contributed by atoms with Gasteiger partial charge >= 0.3 is 0 Å². The third-order valence-electron chi connectivity index (χ3n) is 8.45. The first-order valence-electron chi connectivity index (χ1n) is 14.5. The van der Waals surface area contributed by atoms with Gasteiger partial charge in [0.2, 0.25) is 0 Å². The van der Waals surface area contributed by atoms with Gasteiger partial charge in [-0.2, -0.15) is 0 Å². The average Bonchev–Trinajstić information content (AvgIpc) is 3.07. The molecule has 0 aliphatic carbocycles. The molecule has 0 aliphatic heterocycles. The highest BCUT2D eigenvalue weighted by molar-refractivity contribution is 6.23. The lowest BCUT2D eigenvalue weighted by atomic mass is 9.83. The van der Waals surface area contributed by atoms with Gasteiger partial charge in [0, 0.05) is 0 Å². The van der Waals surface area contributed by atoms with Crippen LogP contribution in [-0.2, 0) is 0 Å². The lowest BCUT2D eigenvalue weighted by Crippen LogP contribution is -1.93. The van der Waals surface area contributed by atoms with Crippen molar-refractivity contribution >= 4 is 32.3 Å². The molecule has 0 aromatic heterocycles. The van der Waals surface area contributed by atoms with Crippen molar-refractivity contribution in [2.24, 2.45) is 0 Å². The summed E-state index contributed by atoms with van der Waals surface area (Å²) in [5.74, 6) is 0. The predicted molar refractivity (Wildman–Crippen MR) is 181 cm³/mol. The molecular formula is C42H28. The lowest BCUT2D eigenvalue weighted by molar-refractivity contribution is 1.61. The van der Waals surface area contributed by atoms with Crippen molar-refractivity contribution in [3.8, 4) is 44.5 Å². The lowest BCUT2D eigenvalue weighted by Gasteiger charge is -2.20. The summed E-state index contributed by atoms with van der Waals surface area (Å²) in [5, 5.41) is 7.58. The molecule has 8 aromatic carbocycles. The van der Waals surface area contributed by atoms with Gasteiger partial charge in [-0.25, -0.2) is 0 Å². The zero-order chi connectivity index (χ0) is 27.9. The molecule has 196 valence electrons. The van der Waals surface area contributed by atoms with Crippen molar-refractivity contribution in [1.29, 1.82) is 0 Å². The first-order chi connectivity index (χ1) is 20.8. The van der Waals surface area contributed by atoms with Crippen LogP contribution in [0.5, 0.6) is 0 Å². The molecule has 0 saturated carbocycles. The monoisotopic (exact) mass is 532 g/mol. The first-order valence-corrected chi connectivity index (χ1v) is 14.5. The fourth-order valence-electron chi connectivity index (χ4n) is 6.50. The van der Waals surface area contributed by atoms with Crippen molar-refractivity contribution in [1.82, 2.24) is 0 Å². The summed E-state index contributed by atoms with van der Waals surface area (Å²) in [4.78, 5) is 0. The van der Waals surface area contributed by atoms with Crippen molar-refractivity contribution < 1.29 is 0 Å². The molecular weight excluding hydrogens is 504 g/mol. The second-order valence-electron chi connectivity index (χ2n) is 10.9. The molecule has 0 bridgehead atoms. The molecule has 0 heteroatoms. The molecule has 42 heavy (non-hydrogen) atoms. The van der Waals surface area contributed by atoms with E-state index in [-0.39, 0.29) is 0 Å². The quantitative estimate of drug-likeness (QED) is 0.198. The highest BCUT2D eigenvalue weighted by Crippen LogP contribution is 2.47. The summed E-state index contributed by atoms with van der Waals surface area (Å²) in [6.07, 6.45) is 0. The summed E-state index contributed by atoms with van der Waals surface area (Å²) >= 11 is 0.